The molecule has 0 radical (unpaired) electrons. The Morgan fingerprint density at radius 1 is 0.826 bits per heavy atom. The minimum atomic E-state index is -0.615. The molecule has 0 heterocycles. The number of rotatable bonds is 5. The summed E-state index contributed by atoms with van der Waals surface area (Å²) in [6.07, 6.45) is 0.720. The van der Waals surface area contributed by atoms with Crippen LogP contribution in [0, 0.1) is 0 Å². The van der Waals surface area contributed by atoms with Crippen molar-refractivity contribution in [1.29, 1.82) is 0 Å². The normalized spacial score (nSPS) is 13.0. The SMILES string of the molecule is CC[C@@H](NC(=O)C(=O)N[C@@H](C)c1ccccc1)c1ccccc1. The summed E-state index contributed by atoms with van der Waals surface area (Å²) < 4.78 is 0. The Morgan fingerprint density at radius 3 is 1.83 bits per heavy atom. The summed E-state index contributed by atoms with van der Waals surface area (Å²) >= 11 is 0. The van der Waals surface area contributed by atoms with E-state index >= 15 is 0 Å². The van der Waals surface area contributed by atoms with Crippen LogP contribution in [0.25, 0.3) is 0 Å². The highest BCUT2D eigenvalue weighted by molar-refractivity contribution is 6.35. The predicted octanol–water partition coefficient (Wildman–Crippen LogP) is 3.13. The Labute approximate surface area is 136 Å². The van der Waals surface area contributed by atoms with Gasteiger partial charge in [0.25, 0.3) is 0 Å². The van der Waals surface area contributed by atoms with Crippen molar-refractivity contribution >= 4 is 11.8 Å². The van der Waals surface area contributed by atoms with E-state index in [1.54, 1.807) is 0 Å². The predicted molar refractivity (Wildman–Crippen MR) is 90.6 cm³/mol. The average molecular weight is 310 g/mol. The van der Waals surface area contributed by atoms with Gasteiger partial charge in [-0.05, 0) is 24.5 Å². The second-order valence-electron chi connectivity index (χ2n) is 5.45. The highest BCUT2D eigenvalue weighted by Gasteiger charge is 2.20. The lowest BCUT2D eigenvalue weighted by atomic mass is 10.0. The molecule has 2 rings (SSSR count). The summed E-state index contributed by atoms with van der Waals surface area (Å²) in [5.41, 5.74) is 1.95. The minimum absolute atomic E-state index is 0.165. The van der Waals surface area contributed by atoms with E-state index in [1.807, 2.05) is 74.5 Å². The Hall–Kier alpha value is -2.62. The zero-order valence-electron chi connectivity index (χ0n) is 13.5. The fourth-order valence-electron chi connectivity index (χ4n) is 2.42. The van der Waals surface area contributed by atoms with Crippen LogP contribution in [0.5, 0.6) is 0 Å². The van der Waals surface area contributed by atoms with Gasteiger partial charge in [-0.2, -0.15) is 0 Å². The minimum Gasteiger partial charge on any atom is -0.341 e. The molecule has 0 saturated heterocycles. The Kier molecular flexibility index (Phi) is 5.92. The lowest BCUT2D eigenvalue weighted by Gasteiger charge is -2.18. The second-order valence-corrected chi connectivity index (χ2v) is 5.45. The van der Waals surface area contributed by atoms with Gasteiger partial charge in [-0.3, -0.25) is 9.59 Å². The van der Waals surface area contributed by atoms with Crippen LogP contribution in [0.4, 0.5) is 0 Å². The molecule has 0 saturated carbocycles. The van der Waals surface area contributed by atoms with Crippen LogP contribution in [0.3, 0.4) is 0 Å². The maximum absolute atomic E-state index is 12.1. The van der Waals surface area contributed by atoms with Gasteiger partial charge in [0.05, 0.1) is 12.1 Å². The third kappa shape index (κ3) is 4.68. The molecule has 0 spiro atoms. The van der Waals surface area contributed by atoms with E-state index in [0.717, 1.165) is 17.5 Å². The fraction of sp³-hybridized carbons (Fsp3) is 0.263. The maximum atomic E-state index is 12.1. The Balaban J connectivity index is 1.95. The van der Waals surface area contributed by atoms with Gasteiger partial charge in [0.2, 0.25) is 0 Å². The molecule has 0 bridgehead atoms. The summed E-state index contributed by atoms with van der Waals surface area (Å²) in [5, 5.41) is 5.51. The Morgan fingerprint density at radius 2 is 1.30 bits per heavy atom. The van der Waals surface area contributed by atoms with Crippen molar-refractivity contribution in [3.63, 3.8) is 0 Å². The van der Waals surface area contributed by atoms with E-state index in [-0.39, 0.29) is 12.1 Å². The van der Waals surface area contributed by atoms with Crippen molar-refractivity contribution in [2.24, 2.45) is 0 Å². The van der Waals surface area contributed by atoms with Crippen LogP contribution in [-0.4, -0.2) is 11.8 Å². The number of amides is 2. The Bertz CT molecular complexity index is 641. The van der Waals surface area contributed by atoms with Crippen molar-refractivity contribution in [2.75, 3.05) is 0 Å². The highest BCUT2D eigenvalue weighted by Crippen LogP contribution is 2.16. The van der Waals surface area contributed by atoms with Crippen LogP contribution in [0.2, 0.25) is 0 Å². The van der Waals surface area contributed by atoms with Crippen molar-refractivity contribution in [1.82, 2.24) is 10.6 Å². The maximum Gasteiger partial charge on any atom is 0.309 e. The first-order valence-electron chi connectivity index (χ1n) is 7.83. The molecule has 2 amide bonds. The first-order chi connectivity index (χ1) is 11.1. The van der Waals surface area contributed by atoms with E-state index in [4.69, 9.17) is 0 Å². The molecule has 120 valence electrons. The molecule has 4 heteroatoms. The molecule has 2 atom stereocenters. The van der Waals surface area contributed by atoms with Gasteiger partial charge in [-0.15, -0.1) is 0 Å². The number of nitrogens with one attached hydrogen (secondary N) is 2. The summed E-state index contributed by atoms with van der Waals surface area (Å²) in [6, 6.07) is 18.8. The van der Waals surface area contributed by atoms with Crippen LogP contribution in [0.15, 0.2) is 60.7 Å². The smallest absolute Gasteiger partial charge is 0.309 e. The molecular formula is C19H22N2O2. The van der Waals surface area contributed by atoms with E-state index in [1.165, 1.54) is 0 Å². The summed E-state index contributed by atoms with van der Waals surface area (Å²) in [4.78, 5) is 24.2. The summed E-state index contributed by atoms with van der Waals surface area (Å²) in [6.45, 7) is 3.83. The van der Waals surface area contributed by atoms with Crippen LogP contribution in [0.1, 0.15) is 43.5 Å². The van der Waals surface area contributed by atoms with Gasteiger partial charge in [0.15, 0.2) is 0 Å². The monoisotopic (exact) mass is 310 g/mol. The van der Waals surface area contributed by atoms with Crippen LogP contribution < -0.4 is 10.6 Å². The van der Waals surface area contributed by atoms with Crippen LogP contribution >= 0.6 is 0 Å². The van der Waals surface area contributed by atoms with E-state index in [0.29, 0.717) is 0 Å². The zero-order chi connectivity index (χ0) is 16.7. The molecule has 0 aliphatic rings. The fourth-order valence-corrected chi connectivity index (χ4v) is 2.42. The molecule has 0 unspecified atom stereocenters. The zero-order valence-corrected chi connectivity index (χ0v) is 13.5. The van der Waals surface area contributed by atoms with Crippen molar-refractivity contribution in [3.05, 3.63) is 71.8 Å². The molecule has 0 fully saturated rings. The van der Waals surface area contributed by atoms with Gasteiger partial charge in [-0.25, -0.2) is 0 Å². The average Bonchev–Trinajstić information content (AvgIpc) is 2.60. The summed E-state index contributed by atoms with van der Waals surface area (Å²) in [7, 11) is 0. The van der Waals surface area contributed by atoms with Gasteiger partial charge >= 0.3 is 11.8 Å². The van der Waals surface area contributed by atoms with E-state index < -0.39 is 11.8 Å². The molecule has 2 aromatic rings. The van der Waals surface area contributed by atoms with Crippen molar-refractivity contribution in [2.45, 2.75) is 32.4 Å². The molecule has 23 heavy (non-hydrogen) atoms. The van der Waals surface area contributed by atoms with Gasteiger partial charge in [-0.1, -0.05) is 67.6 Å². The van der Waals surface area contributed by atoms with Gasteiger partial charge < -0.3 is 10.6 Å². The topological polar surface area (TPSA) is 58.2 Å². The van der Waals surface area contributed by atoms with Gasteiger partial charge in [0.1, 0.15) is 0 Å². The number of carbonyl (C=O) groups is 2. The first kappa shape index (κ1) is 16.7. The van der Waals surface area contributed by atoms with Crippen molar-refractivity contribution in [3.8, 4) is 0 Å². The third-order valence-electron chi connectivity index (χ3n) is 3.77. The quantitative estimate of drug-likeness (QED) is 0.834. The largest absolute Gasteiger partial charge is 0.341 e. The van der Waals surface area contributed by atoms with E-state index in [9.17, 15) is 9.59 Å². The number of carbonyl (C=O) groups excluding carboxylic acids is 2. The van der Waals surface area contributed by atoms with E-state index in [2.05, 4.69) is 10.6 Å². The molecule has 4 nitrogen and oxygen atoms in total. The lowest BCUT2D eigenvalue weighted by Crippen LogP contribution is -2.42. The van der Waals surface area contributed by atoms with Crippen molar-refractivity contribution < 1.29 is 9.59 Å². The molecular weight excluding hydrogens is 288 g/mol. The standard InChI is InChI=1S/C19H22N2O2/c1-3-17(16-12-8-5-9-13-16)21-19(23)18(22)20-14(2)15-10-6-4-7-11-15/h4-14,17H,3H2,1-2H3,(H,20,22)(H,21,23)/t14-,17+/m0/s1. The third-order valence-corrected chi connectivity index (χ3v) is 3.77. The molecule has 2 aromatic carbocycles. The molecule has 2 N–H and O–H groups in total. The molecule has 0 aromatic heterocycles. The lowest BCUT2D eigenvalue weighted by molar-refractivity contribution is -0.140. The highest BCUT2D eigenvalue weighted by atomic mass is 16.2. The number of hydrogen-bond donors (Lipinski definition) is 2. The second kappa shape index (κ2) is 8.13. The summed E-state index contributed by atoms with van der Waals surface area (Å²) in [5.74, 6) is -1.22. The first-order valence-corrected chi connectivity index (χ1v) is 7.83. The van der Waals surface area contributed by atoms with Gasteiger partial charge in [0, 0.05) is 0 Å². The van der Waals surface area contributed by atoms with Crippen LogP contribution in [-0.2, 0) is 9.59 Å². The number of benzene rings is 2. The molecule has 0 aliphatic heterocycles. The number of hydrogen-bond acceptors (Lipinski definition) is 2. The molecule has 0 aliphatic carbocycles.